The molecule has 0 amide bonds. The fourth-order valence-electron chi connectivity index (χ4n) is 3.20. The fraction of sp³-hybridized carbons (Fsp3) is 0.263. The zero-order valence-corrected chi connectivity index (χ0v) is 13.5. The van der Waals surface area contributed by atoms with Gasteiger partial charge in [-0.2, -0.15) is 0 Å². The number of rotatable bonds is 6. The highest BCUT2D eigenvalue weighted by molar-refractivity contribution is 5.79. The Labute approximate surface area is 140 Å². The first-order valence-corrected chi connectivity index (χ1v) is 8.30. The van der Waals surface area contributed by atoms with Crippen LogP contribution < -0.4 is 0 Å². The summed E-state index contributed by atoms with van der Waals surface area (Å²) in [6.45, 7) is 1.81. The molecule has 0 saturated heterocycles. The Kier molecular flexibility index (Phi) is 4.01. The van der Waals surface area contributed by atoms with Crippen LogP contribution in [0.1, 0.15) is 18.7 Å². The fourth-order valence-corrected chi connectivity index (χ4v) is 3.20. The average molecular weight is 320 g/mol. The number of nitrogens with zero attached hydrogens (tertiary/aromatic N) is 4. The van der Waals surface area contributed by atoms with Crippen LogP contribution in [-0.4, -0.2) is 30.8 Å². The van der Waals surface area contributed by atoms with E-state index >= 15 is 0 Å². The van der Waals surface area contributed by atoms with Crippen molar-refractivity contribution >= 4 is 21.9 Å². The van der Waals surface area contributed by atoms with Crippen LogP contribution in [-0.2, 0) is 13.1 Å². The molecule has 4 rings (SSSR count). The second kappa shape index (κ2) is 6.45. The zero-order chi connectivity index (χ0) is 16.4. The molecule has 0 radical (unpaired) electrons. The summed E-state index contributed by atoms with van der Waals surface area (Å²) in [5.41, 5.74) is 3.29. The number of hydrogen-bond acceptors (Lipinski definition) is 3. The Balaban J connectivity index is 1.73. The maximum absolute atomic E-state index is 9.07. The molecule has 0 saturated carbocycles. The van der Waals surface area contributed by atoms with E-state index in [1.807, 2.05) is 30.6 Å². The molecule has 1 N–H and O–H groups in total. The molecular formula is C19H20N4O. The molecule has 0 bridgehead atoms. The smallest absolute Gasteiger partial charge is 0.129 e. The minimum atomic E-state index is 0.232. The minimum absolute atomic E-state index is 0.232. The molecule has 122 valence electrons. The van der Waals surface area contributed by atoms with Crippen LogP contribution in [0.2, 0.25) is 0 Å². The number of aryl methyl sites for hydroxylation is 1. The summed E-state index contributed by atoms with van der Waals surface area (Å²) in [6.07, 6.45) is 7.55. The molecule has 5 heteroatoms. The van der Waals surface area contributed by atoms with Gasteiger partial charge in [-0.15, -0.1) is 0 Å². The van der Waals surface area contributed by atoms with E-state index < -0.39 is 0 Å². The molecule has 1 aromatic carbocycles. The first kappa shape index (κ1) is 14.9. The summed E-state index contributed by atoms with van der Waals surface area (Å²) in [6, 6.07) is 12.4. The van der Waals surface area contributed by atoms with Gasteiger partial charge in [0.2, 0.25) is 0 Å². The van der Waals surface area contributed by atoms with Gasteiger partial charge in [-0.25, -0.2) is 4.98 Å². The van der Waals surface area contributed by atoms with Gasteiger partial charge in [0.1, 0.15) is 5.82 Å². The Morgan fingerprint density at radius 2 is 1.92 bits per heavy atom. The molecule has 0 aliphatic heterocycles. The van der Waals surface area contributed by atoms with Gasteiger partial charge < -0.3 is 14.2 Å². The van der Waals surface area contributed by atoms with Gasteiger partial charge in [0, 0.05) is 30.9 Å². The second-order valence-corrected chi connectivity index (χ2v) is 5.98. The number of unbranched alkanes of at least 4 members (excludes halogenated alkanes) is 1. The third-order valence-corrected chi connectivity index (χ3v) is 4.41. The summed E-state index contributed by atoms with van der Waals surface area (Å²) in [7, 11) is 0. The molecule has 0 fully saturated rings. The summed E-state index contributed by atoms with van der Waals surface area (Å²) < 4.78 is 4.46. The summed E-state index contributed by atoms with van der Waals surface area (Å²) in [5, 5.41) is 10.3. The molecule has 4 aromatic rings. The van der Waals surface area contributed by atoms with Crippen LogP contribution in [0.25, 0.3) is 21.9 Å². The molecule has 3 aromatic heterocycles. The standard InChI is InChI=1S/C19H20N4O/c24-12-4-3-10-23-17-6-2-1-5-16(17)21-19(23)14-22-11-8-15-7-9-20-13-18(15)22/h1-2,5-9,11,13,24H,3-4,10,12,14H2. The number of para-hydroxylation sites is 2. The lowest BCUT2D eigenvalue weighted by atomic mass is 10.3. The second-order valence-electron chi connectivity index (χ2n) is 5.98. The number of hydrogen-bond donors (Lipinski definition) is 1. The molecule has 0 atom stereocenters. The monoisotopic (exact) mass is 320 g/mol. The predicted octanol–water partition coefficient (Wildman–Crippen LogP) is 3.21. The maximum atomic E-state index is 9.07. The lowest BCUT2D eigenvalue weighted by Crippen LogP contribution is -2.09. The van der Waals surface area contributed by atoms with Crippen molar-refractivity contribution in [1.29, 1.82) is 0 Å². The van der Waals surface area contributed by atoms with Crippen LogP contribution in [0.5, 0.6) is 0 Å². The minimum Gasteiger partial charge on any atom is -0.396 e. The molecule has 0 unspecified atom stereocenters. The molecule has 5 nitrogen and oxygen atoms in total. The van der Waals surface area contributed by atoms with Crippen LogP contribution in [0.3, 0.4) is 0 Å². The van der Waals surface area contributed by atoms with Gasteiger partial charge in [-0.3, -0.25) is 4.98 Å². The van der Waals surface area contributed by atoms with Crippen LogP contribution in [0.4, 0.5) is 0 Å². The molecule has 0 aliphatic rings. The number of aromatic nitrogens is 4. The highest BCUT2D eigenvalue weighted by atomic mass is 16.2. The van der Waals surface area contributed by atoms with Gasteiger partial charge >= 0.3 is 0 Å². The van der Waals surface area contributed by atoms with Crippen molar-refractivity contribution in [2.45, 2.75) is 25.9 Å². The topological polar surface area (TPSA) is 55.9 Å². The summed E-state index contributed by atoms with van der Waals surface area (Å²) >= 11 is 0. The van der Waals surface area contributed by atoms with E-state index in [0.717, 1.165) is 41.8 Å². The largest absolute Gasteiger partial charge is 0.396 e. The SMILES string of the molecule is OCCCCn1c(Cn2ccc3ccncc32)nc2ccccc21. The molecule has 3 heterocycles. The van der Waals surface area contributed by atoms with Crippen LogP contribution in [0, 0.1) is 0 Å². The van der Waals surface area contributed by atoms with Crippen molar-refractivity contribution in [2.24, 2.45) is 0 Å². The summed E-state index contributed by atoms with van der Waals surface area (Å²) in [5.74, 6) is 1.04. The van der Waals surface area contributed by atoms with Crippen molar-refractivity contribution in [1.82, 2.24) is 19.1 Å². The van der Waals surface area contributed by atoms with Crippen LogP contribution >= 0.6 is 0 Å². The zero-order valence-electron chi connectivity index (χ0n) is 13.5. The van der Waals surface area contributed by atoms with E-state index in [2.05, 4.69) is 38.5 Å². The van der Waals surface area contributed by atoms with E-state index in [1.165, 1.54) is 5.39 Å². The number of pyridine rings is 1. The third-order valence-electron chi connectivity index (χ3n) is 4.41. The van der Waals surface area contributed by atoms with Crippen molar-refractivity contribution in [3.05, 3.63) is 60.8 Å². The van der Waals surface area contributed by atoms with Crippen molar-refractivity contribution in [3.63, 3.8) is 0 Å². The highest BCUT2D eigenvalue weighted by Crippen LogP contribution is 2.20. The number of fused-ring (bicyclic) bond motifs is 2. The average Bonchev–Trinajstić information content (AvgIpc) is 3.18. The Bertz CT molecular complexity index is 970. The van der Waals surface area contributed by atoms with Gasteiger partial charge in [0.15, 0.2) is 0 Å². The van der Waals surface area contributed by atoms with Crippen molar-refractivity contribution < 1.29 is 5.11 Å². The lowest BCUT2D eigenvalue weighted by molar-refractivity contribution is 0.281. The Morgan fingerprint density at radius 3 is 2.83 bits per heavy atom. The van der Waals surface area contributed by atoms with Crippen LogP contribution in [0.15, 0.2) is 55.0 Å². The first-order chi connectivity index (χ1) is 11.9. The lowest BCUT2D eigenvalue weighted by Gasteiger charge is -2.10. The van der Waals surface area contributed by atoms with E-state index in [9.17, 15) is 0 Å². The first-order valence-electron chi connectivity index (χ1n) is 8.30. The Morgan fingerprint density at radius 1 is 1.00 bits per heavy atom. The highest BCUT2D eigenvalue weighted by Gasteiger charge is 2.11. The Hall–Kier alpha value is -2.66. The van der Waals surface area contributed by atoms with E-state index in [1.54, 1.807) is 0 Å². The van der Waals surface area contributed by atoms with E-state index in [4.69, 9.17) is 10.1 Å². The number of benzene rings is 1. The van der Waals surface area contributed by atoms with Gasteiger partial charge in [-0.05, 0) is 37.1 Å². The van der Waals surface area contributed by atoms with E-state index in [0.29, 0.717) is 6.54 Å². The number of imidazole rings is 1. The van der Waals surface area contributed by atoms with E-state index in [-0.39, 0.29) is 6.61 Å². The molecular weight excluding hydrogens is 300 g/mol. The summed E-state index contributed by atoms with van der Waals surface area (Å²) in [4.78, 5) is 9.07. The van der Waals surface area contributed by atoms with Gasteiger partial charge in [0.25, 0.3) is 0 Å². The third kappa shape index (κ3) is 2.67. The van der Waals surface area contributed by atoms with Crippen molar-refractivity contribution in [3.8, 4) is 0 Å². The van der Waals surface area contributed by atoms with Gasteiger partial charge in [0.05, 0.1) is 29.3 Å². The molecule has 0 aliphatic carbocycles. The normalized spacial score (nSPS) is 11.5. The van der Waals surface area contributed by atoms with Crippen molar-refractivity contribution in [2.75, 3.05) is 6.61 Å². The quantitative estimate of drug-likeness (QED) is 0.555. The molecule has 24 heavy (non-hydrogen) atoms. The molecule has 0 spiro atoms. The number of aliphatic hydroxyl groups excluding tert-OH is 1. The maximum Gasteiger partial charge on any atom is 0.129 e. The van der Waals surface area contributed by atoms with Gasteiger partial charge in [-0.1, -0.05) is 12.1 Å². The predicted molar refractivity (Wildman–Crippen MR) is 94.9 cm³/mol. The number of aliphatic hydroxyl groups is 1.